The summed E-state index contributed by atoms with van der Waals surface area (Å²) in [6.45, 7) is -0.181. The molecule has 1 N–H and O–H groups in total. The van der Waals surface area contributed by atoms with E-state index in [1.165, 1.54) is 18.3 Å². The molecular formula is C14H12N2O6. The number of carbonyl (C=O) groups excluding carboxylic acids is 1. The molecule has 22 heavy (non-hydrogen) atoms. The van der Waals surface area contributed by atoms with Crippen molar-refractivity contribution >= 4 is 5.97 Å². The number of hydrogen-bond donors (Lipinski definition) is 1. The van der Waals surface area contributed by atoms with Crippen LogP contribution >= 0.6 is 0 Å². The molecule has 1 aromatic heterocycles. The average Bonchev–Trinajstić information content (AvgIpc) is 2.49. The summed E-state index contributed by atoms with van der Waals surface area (Å²) in [5.41, 5.74) is 0.480. The van der Waals surface area contributed by atoms with E-state index in [9.17, 15) is 20.0 Å². The number of rotatable bonds is 6. The summed E-state index contributed by atoms with van der Waals surface area (Å²) >= 11 is 0. The SMILES string of the molecule is O=C(Oc1ncccc1CCO[N+](=O)[O-])c1ccccc1O. The third kappa shape index (κ3) is 3.92. The first kappa shape index (κ1) is 15.2. The fraction of sp³-hybridized carbons (Fsp3) is 0.143. The molecule has 0 bridgehead atoms. The van der Waals surface area contributed by atoms with Crippen LogP contribution < -0.4 is 4.74 Å². The summed E-state index contributed by atoms with van der Waals surface area (Å²) in [6.07, 6.45) is 1.57. The molecule has 0 spiro atoms. The Hall–Kier alpha value is -3.16. The second-order valence-electron chi connectivity index (χ2n) is 4.18. The van der Waals surface area contributed by atoms with Gasteiger partial charge in [-0.25, -0.2) is 9.78 Å². The largest absolute Gasteiger partial charge is 0.507 e. The predicted octanol–water partition coefficient (Wildman–Crippen LogP) is 1.76. The first-order valence-corrected chi connectivity index (χ1v) is 6.29. The zero-order valence-corrected chi connectivity index (χ0v) is 11.3. The third-order valence-corrected chi connectivity index (χ3v) is 2.73. The fourth-order valence-electron chi connectivity index (χ4n) is 1.73. The molecule has 0 aliphatic carbocycles. The van der Waals surface area contributed by atoms with Gasteiger partial charge >= 0.3 is 5.97 Å². The molecule has 1 aromatic carbocycles. The first-order chi connectivity index (χ1) is 10.6. The van der Waals surface area contributed by atoms with Crippen LogP contribution in [0.5, 0.6) is 11.6 Å². The number of benzene rings is 1. The summed E-state index contributed by atoms with van der Waals surface area (Å²) in [5, 5.41) is 18.8. The number of nitrogens with zero attached hydrogens (tertiary/aromatic N) is 2. The van der Waals surface area contributed by atoms with Crippen LogP contribution in [0.15, 0.2) is 42.6 Å². The van der Waals surface area contributed by atoms with E-state index < -0.39 is 11.1 Å². The molecule has 0 unspecified atom stereocenters. The summed E-state index contributed by atoms with van der Waals surface area (Å²) in [7, 11) is 0. The number of ether oxygens (including phenoxy) is 1. The highest BCUT2D eigenvalue weighted by molar-refractivity contribution is 5.93. The van der Waals surface area contributed by atoms with E-state index in [1.807, 2.05) is 0 Å². The molecule has 0 saturated carbocycles. The van der Waals surface area contributed by atoms with Crippen molar-refractivity contribution in [3.8, 4) is 11.6 Å². The van der Waals surface area contributed by atoms with Gasteiger partial charge in [-0.05, 0) is 18.2 Å². The molecule has 0 aliphatic rings. The van der Waals surface area contributed by atoms with Gasteiger partial charge in [-0.2, -0.15) is 0 Å². The van der Waals surface area contributed by atoms with Crippen LogP contribution in [0.2, 0.25) is 0 Å². The van der Waals surface area contributed by atoms with Crippen LogP contribution in [0, 0.1) is 10.1 Å². The van der Waals surface area contributed by atoms with Crippen LogP contribution in [-0.2, 0) is 11.3 Å². The van der Waals surface area contributed by atoms with Crippen molar-refractivity contribution in [1.29, 1.82) is 0 Å². The van der Waals surface area contributed by atoms with Gasteiger partial charge in [-0.1, -0.05) is 18.2 Å². The number of phenolic OH excluding ortho intramolecular Hbond substituents is 1. The summed E-state index contributed by atoms with van der Waals surface area (Å²) in [6, 6.07) is 9.16. The monoisotopic (exact) mass is 304 g/mol. The van der Waals surface area contributed by atoms with Gasteiger partial charge in [0.05, 0.1) is 0 Å². The zero-order chi connectivity index (χ0) is 15.9. The number of aromatic hydroxyl groups is 1. The van der Waals surface area contributed by atoms with Gasteiger partial charge in [0.15, 0.2) is 0 Å². The van der Waals surface area contributed by atoms with Crippen molar-refractivity contribution in [2.75, 3.05) is 6.61 Å². The van der Waals surface area contributed by atoms with Crippen LogP contribution in [0.4, 0.5) is 0 Å². The van der Waals surface area contributed by atoms with E-state index in [-0.39, 0.29) is 30.2 Å². The van der Waals surface area contributed by atoms with Crippen LogP contribution in [-0.4, -0.2) is 27.8 Å². The van der Waals surface area contributed by atoms with Crippen molar-refractivity contribution in [2.45, 2.75) is 6.42 Å². The molecule has 8 nitrogen and oxygen atoms in total. The number of para-hydroxylation sites is 1. The highest BCUT2D eigenvalue weighted by atomic mass is 16.9. The molecule has 114 valence electrons. The van der Waals surface area contributed by atoms with Crippen molar-refractivity contribution in [1.82, 2.24) is 4.98 Å². The van der Waals surface area contributed by atoms with Crippen molar-refractivity contribution in [3.63, 3.8) is 0 Å². The maximum absolute atomic E-state index is 12.0. The molecule has 0 aliphatic heterocycles. The van der Waals surface area contributed by atoms with E-state index >= 15 is 0 Å². The van der Waals surface area contributed by atoms with Crippen molar-refractivity contribution < 1.29 is 24.6 Å². The van der Waals surface area contributed by atoms with Crippen molar-refractivity contribution in [2.24, 2.45) is 0 Å². The minimum atomic E-state index is -0.899. The Morgan fingerprint density at radius 2 is 2.05 bits per heavy atom. The standard InChI is InChI=1S/C14H12N2O6/c17-12-6-2-1-5-11(12)14(18)22-13-10(4-3-8-15-13)7-9-21-16(19)20/h1-6,8,17H,7,9H2. The zero-order valence-electron chi connectivity index (χ0n) is 11.3. The topological polar surface area (TPSA) is 112 Å². The maximum atomic E-state index is 12.0. The van der Waals surface area contributed by atoms with E-state index in [0.29, 0.717) is 5.56 Å². The lowest BCUT2D eigenvalue weighted by Gasteiger charge is -2.09. The lowest BCUT2D eigenvalue weighted by Crippen LogP contribution is -2.12. The lowest BCUT2D eigenvalue weighted by atomic mass is 10.2. The second kappa shape index (κ2) is 7.02. The first-order valence-electron chi connectivity index (χ1n) is 6.29. The summed E-state index contributed by atoms with van der Waals surface area (Å²) in [4.78, 5) is 30.3. The molecule has 0 fully saturated rings. The van der Waals surface area contributed by atoms with E-state index in [1.54, 1.807) is 24.3 Å². The maximum Gasteiger partial charge on any atom is 0.348 e. The minimum Gasteiger partial charge on any atom is -0.507 e. The fourth-order valence-corrected chi connectivity index (χ4v) is 1.73. The van der Waals surface area contributed by atoms with Gasteiger partial charge in [-0.3, -0.25) is 0 Å². The Morgan fingerprint density at radius 1 is 1.27 bits per heavy atom. The predicted molar refractivity (Wildman–Crippen MR) is 74.0 cm³/mol. The summed E-state index contributed by atoms with van der Waals surface area (Å²) < 4.78 is 5.13. The normalized spacial score (nSPS) is 10.0. The second-order valence-corrected chi connectivity index (χ2v) is 4.18. The van der Waals surface area contributed by atoms with Gasteiger partial charge in [0, 0.05) is 18.2 Å². The van der Waals surface area contributed by atoms with E-state index in [0.717, 1.165) is 0 Å². The Bertz CT molecular complexity index is 689. The van der Waals surface area contributed by atoms with Gasteiger partial charge in [-0.15, -0.1) is 10.1 Å². The minimum absolute atomic E-state index is 0.000597. The van der Waals surface area contributed by atoms with Gasteiger partial charge < -0.3 is 14.7 Å². The smallest absolute Gasteiger partial charge is 0.348 e. The number of esters is 1. The number of hydrogen-bond acceptors (Lipinski definition) is 7. The van der Waals surface area contributed by atoms with Crippen LogP contribution in [0.25, 0.3) is 0 Å². The third-order valence-electron chi connectivity index (χ3n) is 2.73. The lowest BCUT2D eigenvalue weighted by molar-refractivity contribution is -0.757. The molecule has 2 aromatic rings. The van der Waals surface area contributed by atoms with E-state index in [2.05, 4.69) is 9.82 Å². The molecule has 0 radical (unpaired) electrons. The molecule has 1 heterocycles. The van der Waals surface area contributed by atoms with Crippen molar-refractivity contribution in [3.05, 3.63) is 63.8 Å². The van der Waals surface area contributed by atoms with Gasteiger partial charge in [0.2, 0.25) is 5.88 Å². The Morgan fingerprint density at radius 3 is 2.77 bits per heavy atom. The molecule has 0 atom stereocenters. The quantitative estimate of drug-likeness (QED) is 0.491. The molecular weight excluding hydrogens is 292 g/mol. The number of phenols is 1. The van der Waals surface area contributed by atoms with Gasteiger partial charge in [0.25, 0.3) is 5.09 Å². The van der Waals surface area contributed by atoms with Crippen LogP contribution in [0.3, 0.4) is 0 Å². The van der Waals surface area contributed by atoms with Gasteiger partial charge in [0.1, 0.15) is 17.9 Å². The number of aromatic nitrogens is 1. The van der Waals surface area contributed by atoms with E-state index in [4.69, 9.17) is 4.74 Å². The number of carbonyl (C=O) groups is 1. The molecule has 2 rings (SSSR count). The Labute approximate surface area is 125 Å². The highest BCUT2D eigenvalue weighted by Gasteiger charge is 2.15. The number of pyridine rings is 1. The molecule has 8 heteroatoms. The molecule has 0 saturated heterocycles. The van der Waals surface area contributed by atoms with Crippen LogP contribution in [0.1, 0.15) is 15.9 Å². The summed E-state index contributed by atoms with van der Waals surface area (Å²) in [5.74, 6) is -0.961. The average molecular weight is 304 g/mol. The highest BCUT2D eigenvalue weighted by Crippen LogP contribution is 2.20. The molecule has 0 amide bonds. The Kier molecular flexibility index (Phi) is 4.86. The Balaban J connectivity index is 2.11.